The first kappa shape index (κ1) is 15.0. The maximum atomic E-state index is 11.5. The number of hydrogen-bond donors (Lipinski definition) is 1. The third-order valence-electron chi connectivity index (χ3n) is 1.97. The van der Waals surface area contributed by atoms with Crippen molar-refractivity contribution in [2.24, 2.45) is 0 Å². The molecule has 0 radical (unpaired) electrons. The van der Waals surface area contributed by atoms with E-state index in [4.69, 9.17) is 21.4 Å². The Hall–Kier alpha value is -0.100. The molecule has 0 saturated heterocycles. The van der Waals surface area contributed by atoms with E-state index >= 15 is 0 Å². The number of carbonyl (C=O) groups is 1. The molecule has 0 amide bonds. The summed E-state index contributed by atoms with van der Waals surface area (Å²) in [6.07, 6.45) is 1.45. The highest BCUT2D eigenvalue weighted by Crippen LogP contribution is 2.36. The van der Waals surface area contributed by atoms with Gasteiger partial charge in [-0.2, -0.15) is 0 Å². The summed E-state index contributed by atoms with van der Waals surface area (Å²) in [7, 11) is 0. The van der Waals surface area contributed by atoms with E-state index < -0.39 is 0 Å². The first-order chi connectivity index (χ1) is 8.04. The summed E-state index contributed by atoms with van der Waals surface area (Å²) in [4.78, 5) is 11.5. The van der Waals surface area contributed by atoms with E-state index in [0.29, 0.717) is 28.1 Å². The molecule has 1 aromatic carbocycles. The lowest BCUT2D eigenvalue weighted by Crippen LogP contribution is -2.08. The number of esters is 1. The van der Waals surface area contributed by atoms with Gasteiger partial charge in [-0.1, -0.05) is 27.5 Å². The molecule has 0 unspecified atom stereocenters. The molecule has 1 aromatic rings. The lowest BCUT2D eigenvalue weighted by molar-refractivity contribution is -0.134. The van der Waals surface area contributed by atoms with Crippen molar-refractivity contribution in [1.29, 1.82) is 0 Å². The summed E-state index contributed by atoms with van der Waals surface area (Å²) >= 11 is 12.5. The Kier molecular flexibility index (Phi) is 6.48. The van der Waals surface area contributed by atoms with Crippen LogP contribution in [-0.2, 0) is 4.79 Å². The van der Waals surface area contributed by atoms with Gasteiger partial charge in [0, 0.05) is 17.5 Å². The average Bonchev–Trinajstić information content (AvgIpc) is 2.24. The van der Waals surface area contributed by atoms with Crippen LogP contribution >= 0.6 is 43.5 Å². The van der Waals surface area contributed by atoms with Crippen molar-refractivity contribution in [3.63, 3.8) is 0 Å². The van der Waals surface area contributed by atoms with Crippen LogP contribution in [0.4, 0.5) is 0 Å². The summed E-state index contributed by atoms with van der Waals surface area (Å²) in [6, 6.07) is 3.41. The van der Waals surface area contributed by atoms with Gasteiger partial charge >= 0.3 is 5.97 Å². The van der Waals surface area contributed by atoms with Gasteiger partial charge in [0.15, 0.2) is 5.75 Å². The van der Waals surface area contributed by atoms with E-state index in [0.717, 1.165) is 4.47 Å². The first-order valence-corrected chi connectivity index (χ1v) is 6.97. The van der Waals surface area contributed by atoms with Gasteiger partial charge in [0.2, 0.25) is 0 Å². The highest BCUT2D eigenvalue weighted by Gasteiger charge is 2.12. The Bertz CT molecular complexity index is 387. The van der Waals surface area contributed by atoms with Crippen molar-refractivity contribution in [3.8, 4) is 5.75 Å². The fourth-order valence-corrected chi connectivity index (χ4v) is 2.98. The van der Waals surface area contributed by atoms with Crippen LogP contribution in [0.1, 0.15) is 19.3 Å². The minimum absolute atomic E-state index is 0.0794. The number of halogens is 3. The highest BCUT2D eigenvalue weighted by molar-refractivity contribution is 9.11. The molecule has 0 heterocycles. The molecule has 0 aliphatic heterocycles. The molecule has 0 aromatic heterocycles. The van der Waals surface area contributed by atoms with E-state index in [9.17, 15) is 4.79 Å². The lowest BCUT2D eigenvalue weighted by atomic mass is 10.2. The third kappa shape index (κ3) is 4.95. The van der Waals surface area contributed by atoms with Crippen molar-refractivity contribution < 1.29 is 14.6 Å². The van der Waals surface area contributed by atoms with E-state index in [2.05, 4.69) is 31.9 Å². The molecule has 1 N–H and O–H groups in total. The average molecular weight is 386 g/mol. The number of hydrogen-bond acceptors (Lipinski definition) is 3. The number of aliphatic hydroxyl groups excluding tert-OH is 1. The van der Waals surface area contributed by atoms with E-state index in [1.54, 1.807) is 12.1 Å². The normalized spacial score (nSPS) is 10.4. The molecular formula is C11H11Br2ClO3. The van der Waals surface area contributed by atoms with Crippen molar-refractivity contribution in [1.82, 2.24) is 0 Å². The summed E-state index contributed by atoms with van der Waals surface area (Å²) in [6.45, 7) is 0.0794. The number of benzene rings is 1. The number of rotatable bonds is 5. The fourth-order valence-electron chi connectivity index (χ4n) is 1.17. The largest absolute Gasteiger partial charge is 0.424 e. The summed E-state index contributed by atoms with van der Waals surface area (Å²) in [5.41, 5.74) is 0. The predicted molar refractivity (Wildman–Crippen MR) is 73.4 cm³/mol. The molecule has 0 atom stereocenters. The lowest BCUT2D eigenvalue weighted by Gasteiger charge is -2.08. The molecule has 6 heteroatoms. The first-order valence-electron chi connectivity index (χ1n) is 5.00. The molecule has 0 spiro atoms. The zero-order chi connectivity index (χ0) is 12.8. The van der Waals surface area contributed by atoms with Crippen molar-refractivity contribution >= 4 is 49.4 Å². The molecule has 0 fully saturated rings. The maximum Gasteiger partial charge on any atom is 0.311 e. The Morgan fingerprint density at radius 1 is 1.35 bits per heavy atom. The standard InChI is InChI=1S/C11H11Br2ClO3/c12-7-5-8(13)11(9(14)6-7)17-10(16)3-1-2-4-15/h5-6,15H,1-4H2. The fraction of sp³-hybridized carbons (Fsp3) is 0.364. The van der Waals surface area contributed by atoms with Crippen molar-refractivity contribution in [2.75, 3.05) is 6.61 Å². The van der Waals surface area contributed by atoms with Crippen LogP contribution in [-0.4, -0.2) is 17.7 Å². The summed E-state index contributed by atoms with van der Waals surface area (Å²) < 4.78 is 6.58. The van der Waals surface area contributed by atoms with Gasteiger partial charge in [-0.05, 0) is 40.9 Å². The van der Waals surface area contributed by atoms with Crippen molar-refractivity contribution in [2.45, 2.75) is 19.3 Å². The van der Waals surface area contributed by atoms with Gasteiger partial charge in [-0.25, -0.2) is 0 Å². The Morgan fingerprint density at radius 2 is 2.06 bits per heavy atom. The smallest absolute Gasteiger partial charge is 0.311 e. The SMILES string of the molecule is O=C(CCCCO)Oc1c(Cl)cc(Br)cc1Br. The maximum absolute atomic E-state index is 11.5. The Balaban J connectivity index is 2.65. The minimum Gasteiger partial charge on any atom is -0.424 e. The van der Waals surface area contributed by atoms with Gasteiger partial charge in [-0.15, -0.1) is 0 Å². The van der Waals surface area contributed by atoms with Crippen molar-refractivity contribution in [3.05, 3.63) is 26.1 Å². The van der Waals surface area contributed by atoms with Crippen LogP contribution in [0.15, 0.2) is 21.1 Å². The van der Waals surface area contributed by atoms with Crippen LogP contribution in [0.5, 0.6) is 5.75 Å². The van der Waals surface area contributed by atoms with Crippen LogP contribution < -0.4 is 4.74 Å². The number of carbonyl (C=O) groups excluding carboxylic acids is 1. The van der Waals surface area contributed by atoms with Crippen LogP contribution in [0.2, 0.25) is 5.02 Å². The van der Waals surface area contributed by atoms with E-state index in [-0.39, 0.29) is 19.0 Å². The third-order valence-corrected chi connectivity index (χ3v) is 3.30. The number of unbranched alkanes of at least 4 members (excludes halogenated alkanes) is 1. The second-order valence-electron chi connectivity index (χ2n) is 3.35. The Morgan fingerprint density at radius 3 is 2.65 bits per heavy atom. The van der Waals surface area contributed by atoms with Crippen LogP contribution in [0.3, 0.4) is 0 Å². The van der Waals surface area contributed by atoms with Gasteiger partial charge in [0.25, 0.3) is 0 Å². The molecular weight excluding hydrogens is 375 g/mol. The van der Waals surface area contributed by atoms with E-state index in [1.807, 2.05) is 0 Å². The monoisotopic (exact) mass is 384 g/mol. The molecule has 0 aliphatic carbocycles. The minimum atomic E-state index is -0.358. The quantitative estimate of drug-likeness (QED) is 0.474. The number of ether oxygens (including phenoxy) is 1. The molecule has 1 rings (SSSR count). The Labute approximate surface area is 121 Å². The summed E-state index contributed by atoms with van der Waals surface area (Å²) in [5, 5.41) is 8.96. The molecule has 94 valence electrons. The molecule has 0 aliphatic rings. The summed E-state index contributed by atoms with van der Waals surface area (Å²) in [5.74, 6) is -0.0350. The predicted octanol–water partition coefficient (Wildman–Crippen LogP) is 3.93. The van der Waals surface area contributed by atoms with Crippen LogP contribution in [0, 0.1) is 0 Å². The second kappa shape index (κ2) is 7.36. The molecule has 3 nitrogen and oxygen atoms in total. The van der Waals surface area contributed by atoms with Gasteiger partial charge < -0.3 is 9.84 Å². The highest BCUT2D eigenvalue weighted by atomic mass is 79.9. The molecule has 0 saturated carbocycles. The van der Waals surface area contributed by atoms with Gasteiger partial charge in [0.05, 0.1) is 9.50 Å². The molecule has 0 bridgehead atoms. The molecule has 17 heavy (non-hydrogen) atoms. The zero-order valence-corrected chi connectivity index (χ0v) is 12.8. The van der Waals surface area contributed by atoms with Gasteiger partial charge in [-0.3, -0.25) is 4.79 Å². The van der Waals surface area contributed by atoms with E-state index in [1.165, 1.54) is 0 Å². The van der Waals surface area contributed by atoms with Gasteiger partial charge in [0.1, 0.15) is 0 Å². The topological polar surface area (TPSA) is 46.5 Å². The second-order valence-corrected chi connectivity index (χ2v) is 5.53. The zero-order valence-electron chi connectivity index (χ0n) is 8.88. The number of aliphatic hydroxyl groups is 1. The van der Waals surface area contributed by atoms with Crippen LogP contribution in [0.25, 0.3) is 0 Å².